The minimum absolute atomic E-state index is 0.144. The lowest BCUT2D eigenvalue weighted by Crippen LogP contribution is -2.14. The van der Waals surface area contributed by atoms with Crippen molar-refractivity contribution in [1.82, 2.24) is 14.8 Å². The number of carbonyl (C=O) groups excluding carboxylic acids is 1. The Bertz CT molecular complexity index is 1140. The first kappa shape index (κ1) is 20.5. The summed E-state index contributed by atoms with van der Waals surface area (Å²) in [5, 5.41) is 14.8. The Morgan fingerprint density at radius 2 is 1.93 bits per heavy atom. The summed E-state index contributed by atoms with van der Waals surface area (Å²) in [7, 11) is 1.63. The van der Waals surface area contributed by atoms with Crippen LogP contribution in [0.2, 0.25) is 5.02 Å². The van der Waals surface area contributed by atoms with E-state index in [0.29, 0.717) is 27.4 Å². The van der Waals surface area contributed by atoms with Gasteiger partial charge in [-0.15, -0.1) is 21.5 Å². The molecule has 0 unspecified atom stereocenters. The molecule has 0 aliphatic carbocycles. The number of aromatic nitrogens is 3. The summed E-state index contributed by atoms with van der Waals surface area (Å²) in [5.41, 5.74) is 1.50. The third-order valence-corrected chi connectivity index (χ3v) is 6.21. The fourth-order valence-electron chi connectivity index (χ4n) is 2.82. The Balaban J connectivity index is 1.60. The van der Waals surface area contributed by atoms with Crippen LogP contribution in [-0.2, 0) is 4.79 Å². The SMILES string of the molecule is COc1ccccc1-n1c(SCC(=O)Nc2ccc(Cl)cc2)nnc1-c1cccs1. The van der Waals surface area contributed by atoms with Gasteiger partial charge in [-0.25, -0.2) is 0 Å². The number of thioether (sulfide) groups is 1. The summed E-state index contributed by atoms with van der Waals surface area (Å²) < 4.78 is 7.46. The number of rotatable bonds is 7. The third kappa shape index (κ3) is 4.51. The van der Waals surface area contributed by atoms with Crippen molar-refractivity contribution in [1.29, 1.82) is 0 Å². The summed E-state index contributed by atoms with van der Waals surface area (Å²) >= 11 is 8.78. The number of para-hydroxylation sites is 2. The maximum Gasteiger partial charge on any atom is 0.234 e. The van der Waals surface area contributed by atoms with Gasteiger partial charge in [0.05, 0.1) is 23.4 Å². The number of amides is 1. The summed E-state index contributed by atoms with van der Waals surface area (Å²) in [5.74, 6) is 1.44. The van der Waals surface area contributed by atoms with Crippen LogP contribution in [0.4, 0.5) is 5.69 Å². The number of thiophene rings is 1. The van der Waals surface area contributed by atoms with Gasteiger partial charge >= 0.3 is 0 Å². The summed E-state index contributed by atoms with van der Waals surface area (Å²) in [6.45, 7) is 0. The van der Waals surface area contributed by atoms with Crippen molar-refractivity contribution in [2.75, 3.05) is 18.2 Å². The van der Waals surface area contributed by atoms with Gasteiger partial charge in [-0.2, -0.15) is 0 Å². The van der Waals surface area contributed by atoms with E-state index in [1.807, 2.05) is 46.3 Å². The van der Waals surface area contributed by atoms with Crippen molar-refractivity contribution in [3.05, 3.63) is 71.1 Å². The topological polar surface area (TPSA) is 69.0 Å². The van der Waals surface area contributed by atoms with Crippen LogP contribution in [0, 0.1) is 0 Å². The first-order chi connectivity index (χ1) is 14.7. The number of nitrogens with one attached hydrogen (secondary N) is 1. The Morgan fingerprint density at radius 1 is 1.13 bits per heavy atom. The molecular weight excluding hydrogens is 440 g/mol. The van der Waals surface area contributed by atoms with Crippen molar-refractivity contribution in [3.63, 3.8) is 0 Å². The van der Waals surface area contributed by atoms with E-state index < -0.39 is 0 Å². The molecule has 0 radical (unpaired) electrons. The lowest BCUT2D eigenvalue weighted by Gasteiger charge is -2.13. The Kier molecular flexibility index (Phi) is 6.37. The maximum atomic E-state index is 12.4. The molecule has 0 saturated heterocycles. The maximum absolute atomic E-state index is 12.4. The van der Waals surface area contributed by atoms with E-state index in [0.717, 1.165) is 10.6 Å². The van der Waals surface area contributed by atoms with Crippen LogP contribution in [0.25, 0.3) is 16.4 Å². The quantitative estimate of drug-likeness (QED) is 0.377. The number of benzene rings is 2. The fourth-order valence-corrected chi connectivity index (χ4v) is 4.39. The molecule has 0 aliphatic heterocycles. The van der Waals surface area contributed by atoms with Gasteiger partial charge in [-0.3, -0.25) is 9.36 Å². The molecule has 0 atom stereocenters. The van der Waals surface area contributed by atoms with E-state index >= 15 is 0 Å². The largest absolute Gasteiger partial charge is 0.495 e. The van der Waals surface area contributed by atoms with Gasteiger partial charge in [0.15, 0.2) is 11.0 Å². The molecule has 4 rings (SSSR count). The summed E-state index contributed by atoms with van der Waals surface area (Å²) in [4.78, 5) is 13.4. The zero-order valence-corrected chi connectivity index (χ0v) is 18.3. The zero-order chi connectivity index (χ0) is 20.9. The Hall–Kier alpha value is -2.81. The molecule has 0 saturated carbocycles. The standard InChI is InChI=1S/C21H17ClN4O2S2/c1-28-17-6-3-2-5-16(17)26-20(18-7-4-12-29-18)24-25-21(26)30-13-19(27)23-15-10-8-14(22)9-11-15/h2-12H,13H2,1H3,(H,23,27). The molecule has 2 aromatic heterocycles. The highest BCUT2D eigenvalue weighted by atomic mass is 35.5. The summed E-state index contributed by atoms with van der Waals surface area (Å²) in [6, 6.07) is 18.6. The van der Waals surface area contributed by atoms with Crippen LogP contribution in [0.15, 0.2) is 71.2 Å². The molecule has 0 spiro atoms. The monoisotopic (exact) mass is 456 g/mol. The molecule has 152 valence electrons. The Labute approximate surface area is 186 Å². The second kappa shape index (κ2) is 9.34. The first-order valence-electron chi connectivity index (χ1n) is 8.96. The minimum atomic E-state index is -0.144. The number of carbonyl (C=O) groups is 1. The molecular formula is C21H17ClN4O2S2. The van der Waals surface area contributed by atoms with Gasteiger partial charge < -0.3 is 10.1 Å². The predicted molar refractivity (Wildman–Crippen MR) is 122 cm³/mol. The van der Waals surface area contributed by atoms with Gasteiger partial charge in [-0.05, 0) is 47.8 Å². The molecule has 1 N–H and O–H groups in total. The number of ether oxygens (including phenoxy) is 1. The molecule has 4 aromatic rings. The fraction of sp³-hybridized carbons (Fsp3) is 0.0952. The lowest BCUT2D eigenvalue weighted by atomic mass is 10.3. The predicted octanol–water partition coefficient (Wildman–Crippen LogP) is 5.39. The molecule has 2 aromatic carbocycles. The van der Waals surface area contributed by atoms with E-state index in [1.165, 1.54) is 11.8 Å². The van der Waals surface area contributed by atoms with E-state index in [1.54, 1.807) is 42.7 Å². The number of anilines is 1. The molecule has 0 bridgehead atoms. The molecule has 2 heterocycles. The highest BCUT2D eigenvalue weighted by Crippen LogP contribution is 2.34. The second-order valence-corrected chi connectivity index (χ2v) is 8.46. The van der Waals surface area contributed by atoms with Gasteiger partial charge in [0.25, 0.3) is 0 Å². The number of methoxy groups -OCH3 is 1. The average Bonchev–Trinajstić information content (AvgIpc) is 3.43. The van der Waals surface area contributed by atoms with Crippen LogP contribution in [0.1, 0.15) is 0 Å². The van der Waals surface area contributed by atoms with Crippen molar-refractivity contribution in [3.8, 4) is 22.1 Å². The highest BCUT2D eigenvalue weighted by molar-refractivity contribution is 7.99. The van der Waals surface area contributed by atoms with E-state index in [2.05, 4.69) is 15.5 Å². The van der Waals surface area contributed by atoms with Crippen molar-refractivity contribution < 1.29 is 9.53 Å². The Morgan fingerprint density at radius 3 is 2.67 bits per heavy atom. The summed E-state index contributed by atoms with van der Waals surface area (Å²) in [6.07, 6.45) is 0. The molecule has 1 amide bonds. The van der Waals surface area contributed by atoms with E-state index in [-0.39, 0.29) is 11.7 Å². The van der Waals surface area contributed by atoms with Crippen LogP contribution >= 0.6 is 34.7 Å². The number of hydrogen-bond acceptors (Lipinski definition) is 6. The highest BCUT2D eigenvalue weighted by Gasteiger charge is 2.20. The van der Waals surface area contributed by atoms with Gasteiger partial charge in [0.1, 0.15) is 5.75 Å². The minimum Gasteiger partial charge on any atom is -0.495 e. The average molecular weight is 457 g/mol. The van der Waals surface area contributed by atoms with Gasteiger partial charge in [-0.1, -0.05) is 41.6 Å². The molecule has 30 heavy (non-hydrogen) atoms. The van der Waals surface area contributed by atoms with Crippen LogP contribution in [0.5, 0.6) is 5.75 Å². The van der Waals surface area contributed by atoms with Gasteiger partial charge in [0.2, 0.25) is 5.91 Å². The van der Waals surface area contributed by atoms with Crippen LogP contribution < -0.4 is 10.1 Å². The molecule has 9 heteroatoms. The second-order valence-electron chi connectivity index (χ2n) is 6.13. The molecule has 0 fully saturated rings. The number of nitrogens with zero attached hydrogens (tertiary/aromatic N) is 3. The van der Waals surface area contributed by atoms with E-state index in [4.69, 9.17) is 16.3 Å². The van der Waals surface area contributed by atoms with Crippen molar-refractivity contribution in [2.24, 2.45) is 0 Å². The molecule has 6 nitrogen and oxygen atoms in total. The first-order valence-corrected chi connectivity index (χ1v) is 11.2. The molecule has 0 aliphatic rings. The lowest BCUT2D eigenvalue weighted by molar-refractivity contribution is -0.113. The van der Waals surface area contributed by atoms with E-state index in [9.17, 15) is 4.79 Å². The number of halogens is 1. The smallest absolute Gasteiger partial charge is 0.234 e. The normalized spacial score (nSPS) is 10.7. The van der Waals surface area contributed by atoms with Crippen LogP contribution in [0.3, 0.4) is 0 Å². The zero-order valence-electron chi connectivity index (χ0n) is 15.9. The number of hydrogen-bond donors (Lipinski definition) is 1. The van der Waals surface area contributed by atoms with Gasteiger partial charge in [0, 0.05) is 10.7 Å². The van der Waals surface area contributed by atoms with Crippen molar-refractivity contribution >= 4 is 46.3 Å². The van der Waals surface area contributed by atoms with Crippen molar-refractivity contribution in [2.45, 2.75) is 5.16 Å². The third-order valence-electron chi connectivity index (χ3n) is 4.16. The van der Waals surface area contributed by atoms with Crippen LogP contribution in [-0.4, -0.2) is 33.5 Å².